The first-order valence-electron chi connectivity index (χ1n) is 6.26. The molecule has 1 unspecified atom stereocenters. The first kappa shape index (κ1) is 14.3. The summed E-state index contributed by atoms with van der Waals surface area (Å²) in [5.74, 6) is 0. The molecule has 1 heterocycles. The summed E-state index contributed by atoms with van der Waals surface area (Å²) in [5, 5.41) is 20.5. The van der Waals surface area contributed by atoms with Crippen molar-refractivity contribution in [3.05, 3.63) is 52.2 Å². The van der Waals surface area contributed by atoms with Crippen molar-refractivity contribution < 1.29 is 10.0 Å². The first-order valence-corrected chi connectivity index (χ1v) is 7.14. The fourth-order valence-corrected chi connectivity index (χ4v) is 2.87. The second kappa shape index (κ2) is 6.35. The van der Waals surface area contributed by atoms with Crippen LogP contribution in [0.2, 0.25) is 0 Å². The molecule has 0 amide bonds. The van der Waals surface area contributed by atoms with Crippen LogP contribution in [0.25, 0.3) is 0 Å². The van der Waals surface area contributed by atoms with Gasteiger partial charge in [-0.3, -0.25) is 4.90 Å². The predicted octanol–water partition coefficient (Wildman–Crippen LogP) is 1.62. The lowest BCUT2D eigenvalue weighted by molar-refractivity contribution is 0.256. The highest BCUT2D eigenvalue weighted by Crippen LogP contribution is 2.24. The molecule has 5 heteroatoms. The summed E-state index contributed by atoms with van der Waals surface area (Å²) in [6.45, 7) is 2.95. The lowest BCUT2D eigenvalue weighted by Gasteiger charge is -2.24. The van der Waals surface area contributed by atoms with E-state index < -0.39 is 7.12 Å². The highest BCUT2D eigenvalue weighted by atomic mass is 32.1. The summed E-state index contributed by atoms with van der Waals surface area (Å²) in [6.07, 6.45) is 0. The maximum Gasteiger partial charge on any atom is 0.488 e. The Balaban J connectivity index is 2.06. The zero-order chi connectivity index (χ0) is 13.8. The average molecular weight is 275 g/mol. The Morgan fingerprint density at radius 2 is 2.05 bits per heavy atom. The molecule has 0 bridgehead atoms. The van der Waals surface area contributed by atoms with Crippen LogP contribution in [0.1, 0.15) is 23.4 Å². The molecule has 1 aromatic heterocycles. The van der Waals surface area contributed by atoms with E-state index in [1.54, 1.807) is 17.4 Å². The maximum atomic E-state index is 9.19. The molecule has 0 saturated carbocycles. The van der Waals surface area contributed by atoms with E-state index >= 15 is 0 Å². The van der Waals surface area contributed by atoms with Gasteiger partial charge >= 0.3 is 7.12 Å². The van der Waals surface area contributed by atoms with E-state index in [4.69, 9.17) is 0 Å². The lowest BCUT2D eigenvalue weighted by Crippen LogP contribution is -2.30. The zero-order valence-corrected chi connectivity index (χ0v) is 12.0. The summed E-state index contributed by atoms with van der Waals surface area (Å²) in [5.41, 5.74) is 1.62. The van der Waals surface area contributed by atoms with E-state index in [0.29, 0.717) is 11.5 Å². The molecule has 1 aromatic carbocycles. The van der Waals surface area contributed by atoms with Gasteiger partial charge in [0.25, 0.3) is 0 Å². The number of hydrogen-bond donors (Lipinski definition) is 2. The Morgan fingerprint density at radius 3 is 2.68 bits per heavy atom. The van der Waals surface area contributed by atoms with Crippen molar-refractivity contribution in [1.82, 2.24) is 4.90 Å². The second-order valence-corrected chi connectivity index (χ2v) is 5.70. The van der Waals surface area contributed by atoms with Gasteiger partial charge < -0.3 is 10.0 Å². The number of nitrogens with zero attached hydrogens (tertiary/aromatic N) is 1. The molecule has 100 valence electrons. The fraction of sp³-hybridized carbons (Fsp3) is 0.286. The Morgan fingerprint density at radius 1 is 1.26 bits per heavy atom. The third-order valence-electron chi connectivity index (χ3n) is 3.30. The standard InChI is InChI=1S/C14H18BNO2S/c1-11(14-7-4-8-19-14)16(2)10-12-5-3-6-13(9-12)15(17)18/h3-9,11,17-18H,10H2,1-2H3. The molecule has 2 aromatic rings. The van der Waals surface area contributed by atoms with Crippen molar-refractivity contribution in [2.45, 2.75) is 19.5 Å². The molecule has 0 aliphatic heterocycles. The average Bonchev–Trinajstić information content (AvgIpc) is 2.92. The molecule has 0 radical (unpaired) electrons. The van der Waals surface area contributed by atoms with Gasteiger partial charge in [0.2, 0.25) is 0 Å². The zero-order valence-electron chi connectivity index (χ0n) is 11.2. The molecule has 0 fully saturated rings. The Kier molecular flexibility index (Phi) is 4.77. The van der Waals surface area contributed by atoms with Crippen molar-refractivity contribution in [3.8, 4) is 0 Å². The lowest BCUT2D eigenvalue weighted by atomic mass is 9.79. The van der Waals surface area contributed by atoms with Crippen LogP contribution in [0, 0.1) is 0 Å². The van der Waals surface area contributed by atoms with Crippen molar-refractivity contribution >= 4 is 23.9 Å². The smallest absolute Gasteiger partial charge is 0.423 e. The Bertz CT molecular complexity index is 516. The first-order chi connectivity index (χ1) is 9.08. The fourth-order valence-electron chi connectivity index (χ4n) is 2.02. The topological polar surface area (TPSA) is 43.7 Å². The van der Waals surface area contributed by atoms with Gasteiger partial charge in [-0.2, -0.15) is 0 Å². The number of rotatable bonds is 5. The predicted molar refractivity (Wildman–Crippen MR) is 80.5 cm³/mol. The summed E-state index contributed by atoms with van der Waals surface area (Å²) < 4.78 is 0. The summed E-state index contributed by atoms with van der Waals surface area (Å²) in [6, 6.07) is 12.0. The molecule has 0 aliphatic rings. The molecule has 2 rings (SSSR count). The van der Waals surface area contributed by atoms with E-state index in [-0.39, 0.29) is 0 Å². The third-order valence-corrected chi connectivity index (χ3v) is 4.34. The number of thiophene rings is 1. The molecule has 0 aliphatic carbocycles. The van der Waals surface area contributed by atoms with Crippen LogP contribution in [-0.4, -0.2) is 29.1 Å². The van der Waals surface area contributed by atoms with Crippen LogP contribution in [0.3, 0.4) is 0 Å². The Hall–Kier alpha value is -1.14. The van der Waals surface area contributed by atoms with Crippen molar-refractivity contribution in [1.29, 1.82) is 0 Å². The van der Waals surface area contributed by atoms with Gasteiger partial charge in [-0.05, 0) is 36.4 Å². The van der Waals surface area contributed by atoms with Crippen molar-refractivity contribution in [3.63, 3.8) is 0 Å². The van der Waals surface area contributed by atoms with Gasteiger partial charge in [0, 0.05) is 17.5 Å². The number of hydrogen-bond acceptors (Lipinski definition) is 4. The van der Waals surface area contributed by atoms with Crippen molar-refractivity contribution in [2.75, 3.05) is 7.05 Å². The summed E-state index contributed by atoms with van der Waals surface area (Å²) in [4.78, 5) is 3.58. The molecule has 0 spiro atoms. The second-order valence-electron chi connectivity index (χ2n) is 4.73. The molecule has 0 saturated heterocycles. The van der Waals surface area contributed by atoms with Crippen molar-refractivity contribution in [2.24, 2.45) is 0 Å². The minimum Gasteiger partial charge on any atom is -0.423 e. The minimum atomic E-state index is -1.40. The largest absolute Gasteiger partial charge is 0.488 e. The summed E-state index contributed by atoms with van der Waals surface area (Å²) in [7, 11) is 0.673. The van der Waals surface area contributed by atoms with E-state index in [1.165, 1.54) is 4.88 Å². The molecule has 1 atom stereocenters. The SMILES string of the molecule is CC(c1cccs1)N(C)Cc1cccc(B(O)O)c1. The highest BCUT2D eigenvalue weighted by molar-refractivity contribution is 7.10. The highest BCUT2D eigenvalue weighted by Gasteiger charge is 2.15. The van der Waals surface area contributed by atoms with Crippen LogP contribution in [0.5, 0.6) is 0 Å². The quantitative estimate of drug-likeness (QED) is 0.815. The van der Waals surface area contributed by atoms with Crippen LogP contribution >= 0.6 is 11.3 Å². The van der Waals surface area contributed by atoms with E-state index in [2.05, 4.69) is 36.4 Å². The molecule has 2 N–H and O–H groups in total. The van der Waals surface area contributed by atoms with Gasteiger partial charge in [-0.1, -0.05) is 30.3 Å². The molecular weight excluding hydrogens is 257 g/mol. The summed E-state index contributed by atoms with van der Waals surface area (Å²) >= 11 is 1.76. The monoisotopic (exact) mass is 275 g/mol. The third kappa shape index (κ3) is 3.67. The van der Waals surface area contributed by atoms with Gasteiger partial charge in [0.15, 0.2) is 0 Å². The van der Waals surface area contributed by atoms with Crippen LogP contribution in [0.4, 0.5) is 0 Å². The van der Waals surface area contributed by atoms with Gasteiger partial charge in [0.05, 0.1) is 0 Å². The van der Waals surface area contributed by atoms with Gasteiger partial charge in [-0.25, -0.2) is 0 Å². The van der Waals surface area contributed by atoms with Gasteiger partial charge in [0.1, 0.15) is 0 Å². The van der Waals surface area contributed by atoms with E-state index in [0.717, 1.165) is 12.1 Å². The molecule has 3 nitrogen and oxygen atoms in total. The maximum absolute atomic E-state index is 9.19. The molecule has 19 heavy (non-hydrogen) atoms. The Labute approximate surface area is 118 Å². The van der Waals surface area contributed by atoms with Crippen LogP contribution in [-0.2, 0) is 6.54 Å². The number of benzene rings is 1. The van der Waals surface area contributed by atoms with E-state index in [9.17, 15) is 10.0 Å². The van der Waals surface area contributed by atoms with Gasteiger partial charge in [-0.15, -0.1) is 11.3 Å². The molecular formula is C14H18BNO2S. The van der Waals surface area contributed by atoms with Crippen LogP contribution < -0.4 is 5.46 Å². The van der Waals surface area contributed by atoms with E-state index in [1.807, 2.05) is 18.2 Å². The minimum absolute atomic E-state index is 0.350. The normalized spacial score (nSPS) is 12.7. The van der Waals surface area contributed by atoms with Crippen LogP contribution in [0.15, 0.2) is 41.8 Å².